The van der Waals surface area contributed by atoms with E-state index in [2.05, 4.69) is 10.5 Å². The fourth-order valence-electron chi connectivity index (χ4n) is 1.39. The van der Waals surface area contributed by atoms with Gasteiger partial charge in [0, 0.05) is 6.42 Å². The van der Waals surface area contributed by atoms with Gasteiger partial charge in [0.05, 0.1) is 5.71 Å². The zero-order valence-electron chi connectivity index (χ0n) is 7.49. The second-order valence-corrected chi connectivity index (χ2v) is 3.49. The highest BCUT2D eigenvalue weighted by Gasteiger charge is 2.28. The molecule has 0 radical (unpaired) electrons. The van der Waals surface area contributed by atoms with Crippen molar-refractivity contribution in [2.24, 2.45) is 5.10 Å². The number of hydrogen-bond acceptors (Lipinski definition) is 3. The molecule has 1 heterocycles. The van der Waals surface area contributed by atoms with Gasteiger partial charge >= 0.3 is 0 Å². The Balaban J connectivity index is 2.22. The van der Waals surface area contributed by atoms with E-state index >= 15 is 0 Å². The first-order valence-electron chi connectivity index (χ1n) is 4.29. The van der Waals surface area contributed by atoms with Crippen molar-refractivity contribution in [3.8, 4) is 0 Å². The van der Waals surface area contributed by atoms with Crippen LogP contribution in [0.2, 0.25) is 0 Å². The molecule has 1 aromatic rings. The lowest BCUT2D eigenvalue weighted by Gasteiger charge is -2.14. The molecule has 0 aromatic heterocycles. The van der Waals surface area contributed by atoms with Gasteiger partial charge in [-0.25, -0.2) is 0 Å². The number of nitrogens with one attached hydrogen (secondary N) is 1. The number of hydrazone groups is 1. The summed E-state index contributed by atoms with van der Waals surface area (Å²) in [6, 6.07) is 9.87. The molecule has 3 nitrogen and oxygen atoms in total. The van der Waals surface area contributed by atoms with Crippen molar-refractivity contribution in [1.82, 2.24) is 5.43 Å². The van der Waals surface area contributed by atoms with E-state index in [4.69, 9.17) is 0 Å². The molecule has 2 rings (SSSR count). The molecule has 1 aliphatic rings. The smallest absolute Gasteiger partial charge is 0.153 e. The van der Waals surface area contributed by atoms with Gasteiger partial charge in [-0.05, 0) is 12.5 Å². The predicted octanol–water partition coefficient (Wildman–Crippen LogP) is 1.09. The number of benzene rings is 1. The maximum Gasteiger partial charge on any atom is 0.153 e. The van der Waals surface area contributed by atoms with Crippen LogP contribution in [-0.2, 0) is 0 Å². The maximum absolute atomic E-state index is 9.60. The van der Waals surface area contributed by atoms with Gasteiger partial charge in [0.1, 0.15) is 0 Å². The lowest BCUT2D eigenvalue weighted by molar-refractivity contribution is 0.0431. The molecule has 0 amide bonds. The highest BCUT2D eigenvalue weighted by Crippen LogP contribution is 2.17. The van der Waals surface area contributed by atoms with Crippen molar-refractivity contribution < 1.29 is 5.11 Å². The Hall–Kier alpha value is -1.35. The maximum atomic E-state index is 9.60. The third-order valence-electron chi connectivity index (χ3n) is 2.05. The van der Waals surface area contributed by atoms with Crippen molar-refractivity contribution in [3.63, 3.8) is 0 Å². The van der Waals surface area contributed by atoms with E-state index in [1.165, 1.54) is 0 Å². The standard InChI is InChI=1S/C10H12N2O/c1-10(13)7-9(11-12-10)8-5-3-2-4-6-8/h2-6,12-13H,7H2,1H3. The second-order valence-electron chi connectivity index (χ2n) is 3.49. The second kappa shape index (κ2) is 2.85. The Morgan fingerprint density at radius 3 is 2.62 bits per heavy atom. The summed E-state index contributed by atoms with van der Waals surface area (Å²) in [7, 11) is 0. The van der Waals surface area contributed by atoms with Crippen LogP contribution >= 0.6 is 0 Å². The molecule has 1 atom stereocenters. The Morgan fingerprint density at radius 1 is 1.38 bits per heavy atom. The van der Waals surface area contributed by atoms with E-state index in [0.717, 1.165) is 11.3 Å². The molecule has 1 unspecified atom stereocenters. The molecule has 0 bridgehead atoms. The average molecular weight is 176 g/mol. The third-order valence-corrected chi connectivity index (χ3v) is 2.05. The van der Waals surface area contributed by atoms with Crippen LogP contribution in [0.5, 0.6) is 0 Å². The lowest BCUT2D eigenvalue weighted by atomic mass is 10.0. The summed E-state index contributed by atoms with van der Waals surface area (Å²) in [6.07, 6.45) is 0.553. The highest BCUT2D eigenvalue weighted by atomic mass is 16.3. The van der Waals surface area contributed by atoms with Gasteiger partial charge in [-0.2, -0.15) is 5.10 Å². The molecule has 1 aromatic carbocycles. The van der Waals surface area contributed by atoms with E-state index in [-0.39, 0.29) is 0 Å². The molecule has 0 fully saturated rings. The number of aliphatic hydroxyl groups is 1. The van der Waals surface area contributed by atoms with E-state index in [0.29, 0.717) is 6.42 Å². The summed E-state index contributed by atoms with van der Waals surface area (Å²) in [6.45, 7) is 1.71. The summed E-state index contributed by atoms with van der Waals surface area (Å²) in [5.74, 6) is 0. The van der Waals surface area contributed by atoms with Crippen molar-refractivity contribution in [2.45, 2.75) is 19.1 Å². The first-order valence-corrected chi connectivity index (χ1v) is 4.29. The molecule has 2 N–H and O–H groups in total. The van der Waals surface area contributed by atoms with Gasteiger partial charge < -0.3 is 5.11 Å². The summed E-state index contributed by atoms with van der Waals surface area (Å²) >= 11 is 0. The monoisotopic (exact) mass is 176 g/mol. The lowest BCUT2D eigenvalue weighted by Crippen LogP contribution is -2.34. The van der Waals surface area contributed by atoms with Gasteiger partial charge in [0.15, 0.2) is 5.72 Å². The number of rotatable bonds is 1. The average Bonchev–Trinajstić information content (AvgIpc) is 2.48. The van der Waals surface area contributed by atoms with Gasteiger partial charge in [0.2, 0.25) is 0 Å². The molecule has 68 valence electrons. The van der Waals surface area contributed by atoms with Crippen LogP contribution in [0.4, 0.5) is 0 Å². The molecule has 0 spiro atoms. The van der Waals surface area contributed by atoms with Crippen molar-refractivity contribution in [2.75, 3.05) is 0 Å². The minimum atomic E-state index is -0.884. The molecular formula is C10H12N2O. The summed E-state index contributed by atoms with van der Waals surface area (Å²) < 4.78 is 0. The Labute approximate surface area is 77.1 Å². The molecular weight excluding hydrogens is 164 g/mol. The quantitative estimate of drug-likeness (QED) is 0.672. The summed E-state index contributed by atoms with van der Waals surface area (Å²) in [5, 5.41) is 13.7. The van der Waals surface area contributed by atoms with Crippen LogP contribution in [0.25, 0.3) is 0 Å². The van der Waals surface area contributed by atoms with Gasteiger partial charge in [-0.3, -0.25) is 5.43 Å². The van der Waals surface area contributed by atoms with Gasteiger partial charge in [-0.1, -0.05) is 30.3 Å². The zero-order chi connectivity index (χ0) is 9.31. The molecule has 13 heavy (non-hydrogen) atoms. The molecule has 0 aliphatic carbocycles. The predicted molar refractivity (Wildman–Crippen MR) is 51.4 cm³/mol. The highest BCUT2D eigenvalue weighted by molar-refractivity contribution is 6.01. The van der Waals surface area contributed by atoms with Crippen LogP contribution in [0, 0.1) is 0 Å². The fourth-order valence-corrected chi connectivity index (χ4v) is 1.39. The Bertz CT molecular complexity index is 330. The SMILES string of the molecule is CC1(O)CC(c2ccccc2)=NN1. The number of nitrogens with zero attached hydrogens (tertiary/aromatic N) is 1. The van der Waals surface area contributed by atoms with Crippen LogP contribution in [-0.4, -0.2) is 16.5 Å². The van der Waals surface area contributed by atoms with Gasteiger partial charge in [0.25, 0.3) is 0 Å². The summed E-state index contributed by atoms with van der Waals surface area (Å²) in [4.78, 5) is 0. The Kier molecular flexibility index (Phi) is 1.81. The molecule has 0 saturated heterocycles. The first-order chi connectivity index (χ1) is 6.17. The topological polar surface area (TPSA) is 44.6 Å². The van der Waals surface area contributed by atoms with Crippen LogP contribution in [0.1, 0.15) is 18.9 Å². The van der Waals surface area contributed by atoms with Crippen LogP contribution < -0.4 is 5.43 Å². The molecule has 3 heteroatoms. The Morgan fingerprint density at radius 2 is 2.08 bits per heavy atom. The normalized spacial score (nSPS) is 26.8. The molecule has 0 saturated carbocycles. The van der Waals surface area contributed by atoms with E-state index in [1.807, 2.05) is 30.3 Å². The largest absolute Gasteiger partial charge is 0.370 e. The van der Waals surface area contributed by atoms with E-state index in [1.54, 1.807) is 6.92 Å². The third kappa shape index (κ3) is 1.70. The van der Waals surface area contributed by atoms with Gasteiger partial charge in [-0.15, -0.1) is 0 Å². The van der Waals surface area contributed by atoms with Crippen molar-refractivity contribution in [1.29, 1.82) is 0 Å². The minimum absolute atomic E-state index is 0.553. The van der Waals surface area contributed by atoms with E-state index in [9.17, 15) is 5.11 Å². The fraction of sp³-hybridized carbons (Fsp3) is 0.300. The van der Waals surface area contributed by atoms with E-state index < -0.39 is 5.72 Å². The minimum Gasteiger partial charge on any atom is -0.370 e. The van der Waals surface area contributed by atoms with Crippen LogP contribution in [0.15, 0.2) is 35.4 Å². The van der Waals surface area contributed by atoms with Crippen molar-refractivity contribution in [3.05, 3.63) is 35.9 Å². The number of hydrogen-bond donors (Lipinski definition) is 2. The van der Waals surface area contributed by atoms with Crippen molar-refractivity contribution >= 4 is 5.71 Å². The van der Waals surface area contributed by atoms with Crippen LogP contribution in [0.3, 0.4) is 0 Å². The summed E-state index contributed by atoms with van der Waals surface area (Å²) in [5.41, 5.74) is 3.77. The molecule has 1 aliphatic heterocycles. The first kappa shape index (κ1) is 8.26. The zero-order valence-corrected chi connectivity index (χ0v) is 7.49.